The van der Waals surface area contributed by atoms with Crippen molar-refractivity contribution in [1.82, 2.24) is 9.88 Å². The summed E-state index contributed by atoms with van der Waals surface area (Å²) < 4.78 is 0. The van der Waals surface area contributed by atoms with Gasteiger partial charge in [0.05, 0.1) is 6.61 Å². The molecule has 0 saturated carbocycles. The van der Waals surface area contributed by atoms with Crippen LogP contribution < -0.4 is 5.32 Å². The molecule has 0 spiro atoms. The Morgan fingerprint density at radius 1 is 1.10 bits per heavy atom. The first-order chi connectivity index (χ1) is 10.3. The fourth-order valence-electron chi connectivity index (χ4n) is 2.33. The summed E-state index contributed by atoms with van der Waals surface area (Å²) in [6, 6.07) is 14.4. The third-order valence-electron chi connectivity index (χ3n) is 3.29. The number of anilines is 1. The lowest BCUT2D eigenvalue weighted by molar-refractivity contribution is 0.184. The van der Waals surface area contributed by atoms with E-state index in [1.54, 1.807) is 6.20 Å². The number of aliphatic hydroxyl groups is 1. The molecule has 0 aliphatic heterocycles. The van der Waals surface area contributed by atoms with Crippen molar-refractivity contribution in [3.63, 3.8) is 0 Å². The first kappa shape index (κ1) is 15.5. The summed E-state index contributed by atoms with van der Waals surface area (Å²) in [6.45, 7) is 5.31. The summed E-state index contributed by atoms with van der Waals surface area (Å²) in [7, 11) is 0. The van der Waals surface area contributed by atoms with Gasteiger partial charge in [-0.1, -0.05) is 36.4 Å². The van der Waals surface area contributed by atoms with Gasteiger partial charge in [-0.2, -0.15) is 0 Å². The highest BCUT2D eigenvalue weighted by Gasteiger charge is 2.10. The van der Waals surface area contributed by atoms with Crippen molar-refractivity contribution in [2.45, 2.75) is 20.0 Å². The van der Waals surface area contributed by atoms with E-state index in [9.17, 15) is 5.11 Å². The molecule has 0 atom stereocenters. The molecule has 0 fully saturated rings. The number of benzene rings is 1. The predicted octanol–water partition coefficient (Wildman–Crippen LogP) is 2.51. The average Bonchev–Trinajstić information content (AvgIpc) is 2.51. The molecule has 0 saturated heterocycles. The Kier molecular flexibility index (Phi) is 6.19. The van der Waals surface area contributed by atoms with Crippen molar-refractivity contribution in [3.05, 3.63) is 59.8 Å². The molecule has 0 radical (unpaired) electrons. The number of hydrogen-bond donors (Lipinski definition) is 2. The minimum Gasteiger partial charge on any atom is -0.395 e. The topological polar surface area (TPSA) is 48.4 Å². The van der Waals surface area contributed by atoms with Crippen molar-refractivity contribution < 1.29 is 5.11 Å². The van der Waals surface area contributed by atoms with Crippen molar-refractivity contribution >= 4 is 5.82 Å². The Hall–Kier alpha value is -1.91. The van der Waals surface area contributed by atoms with Crippen LogP contribution in [-0.4, -0.2) is 34.7 Å². The molecular weight excluding hydrogens is 262 g/mol. The van der Waals surface area contributed by atoms with Gasteiger partial charge in [0.1, 0.15) is 5.82 Å². The molecule has 1 aromatic heterocycles. The number of aliphatic hydroxyl groups excluding tert-OH is 1. The highest BCUT2D eigenvalue weighted by atomic mass is 16.3. The van der Waals surface area contributed by atoms with E-state index in [0.717, 1.165) is 31.0 Å². The van der Waals surface area contributed by atoms with Crippen LogP contribution in [0.3, 0.4) is 0 Å². The smallest absolute Gasteiger partial charge is 0.130 e. The fraction of sp³-hybridized carbons (Fsp3) is 0.353. The summed E-state index contributed by atoms with van der Waals surface area (Å²) in [5.41, 5.74) is 2.41. The summed E-state index contributed by atoms with van der Waals surface area (Å²) in [5, 5.41) is 12.6. The maximum absolute atomic E-state index is 9.29. The molecule has 4 heteroatoms. The second-order valence-corrected chi connectivity index (χ2v) is 4.96. The SMILES string of the molecule is CCNc1ncccc1CN(CCO)Cc1ccccc1. The molecule has 2 N–H and O–H groups in total. The van der Waals surface area contributed by atoms with Crippen molar-refractivity contribution in [2.75, 3.05) is 25.0 Å². The van der Waals surface area contributed by atoms with E-state index in [4.69, 9.17) is 0 Å². The molecule has 0 bridgehead atoms. The zero-order valence-corrected chi connectivity index (χ0v) is 12.5. The molecule has 2 aromatic rings. The van der Waals surface area contributed by atoms with Crippen molar-refractivity contribution in [1.29, 1.82) is 0 Å². The molecule has 4 nitrogen and oxygen atoms in total. The van der Waals surface area contributed by atoms with E-state index in [-0.39, 0.29) is 6.61 Å². The largest absolute Gasteiger partial charge is 0.395 e. The van der Waals surface area contributed by atoms with E-state index in [1.165, 1.54) is 5.56 Å². The zero-order valence-electron chi connectivity index (χ0n) is 12.5. The van der Waals surface area contributed by atoms with Crippen LogP contribution in [0.5, 0.6) is 0 Å². The van der Waals surface area contributed by atoms with E-state index in [2.05, 4.69) is 40.3 Å². The van der Waals surface area contributed by atoms with E-state index < -0.39 is 0 Å². The van der Waals surface area contributed by atoms with Gasteiger partial charge in [-0.05, 0) is 18.6 Å². The third kappa shape index (κ3) is 4.85. The van der Waals surface area contributed by atoms with Crippen LogP contribution in [0.4, 0.5) is 5.82 Å². The van der Waals surface area contributed by atoms with Gasteiger partial charge in [-0.3, -0.25) is 4.90 Å². The Balaban J connectivity index is 2.09. The minimum atomic E-state index is 0.156. The number of nitrogens with zero attached hydrogens (tertiary/aromatic N) is 2. The molecule has 0 aliphatic carbocycles. The second-order valence-electron chi connectivity index (χ2n) is 4.96. The van der Waals surface area contributed by atoms with Gasteiger partial charge in [-0.15, -0.1) is 0 Å². The Labute approximate surface area is 126 Å². The lowest BCUT2D eigenvalue weighted by Gasteiger charge is -2.22. The minimum absolute atomic E-state index is 0.156. The molecule has 0 aliphatic rings. The average molecular weight is 285 g/mol. The Bertz CT molecular complexity index is 531. The lowest BCUT2D eigenvalue weighted by Crippen LogP contribution is -2.26. The standard InChI is InChI=1S/C17H23N3O/c1-2-18-17-16(9-6-10-19-17)14-20(11-12-21)13-15-7-4-3-5-8-15/h3-10,21H,2,11-14H2,1H3,(H,18,19). The molecular formula is C17H23N3O. The van der Waals surface area contributed by atoms with Gasteiger partial charge in [0.15, 0.2) is 0 Å². The normalized spacial score (nSPS) is 10.8. The van der Waals surface area contributed by atoms with Gasteiger partial charge >= 0.3 is 0 Å². The highest BCUT2D eigenvalue weighted by molar-refractivity contribution is 5.43. The zero-order chi connectivity index (χ0) is 14.9. The van der Waals surface area contributed by atoms with Gasteiger partial charge in [0.2, 0.25) is 0 Å². The van der Waals surface area contributed by atoms with Crippen LogP contribution >= 0.6 is 0 Å². The van der Waals surface area contributed by atoms with Gasteiger partial charge in [-0.25, -0.2) is 4.98 Å². The van der Waals surface area contributed by atoms with Crippen LogP contribution in [-0.2, 0) is 13.1 Å². The van der Waals surface area contributed by atoms with Crippen LogP contribution in [0, 0.1) is 0 Å². The van der Waals surface area contributed by atoms with Crippen molar-refractivity contribution in [2.24, 2.45) is 0 Å². The molecule has 2 rings (SSSR count). The monoisotopic (exact) mass is 285 g/mol. The first-order valence-electron chi connectivity index (χ1n) is 7.38. The van der Waals surface area contributed by atoms with E-state index in [0.29, 0.717) is 6.54 Å². The molecule has 21 heavy (non-hydrogen) atoms. The first-order valence-corrected chi connectivity index (χ1v) is 7.38. The number of hydrogen-bond acceptors (Lipinski definition) is 4. The van der Waals surface area contributed by atoms with Gasteiger partial charge < -0.3 is 10.4 Å². The van der Waals surface area contributed by atoms with E-state index >= 15 is 0 Å². The molecule has 1 heterocycles. The van der Waals surface area contributed by atoms with Crippen LogP contribution in [0.2, 0.25) is 0 Å². The number of nitrogens with one attached hydrogen (secondary N) is 1. The summed E-state index contributed by atoms with van der Waals surface area (Å²) in [6.07, 6.45) is 1.80. The van der Waals surface area contributed by atoms with Crippen LogP contribution in [0.25, 0.3) is 0 Å². The molecule has 0 unspecified atom stereocenters. The van der Waals surface area contributed by atoms with Gasteiger partial charge in [0, 0.05) is 37.9 Å². The van der Waals surface area contributed by atoms with Crippen molar-refractivity contribution in [3.8, 4) is 0 Å². The lowest BCUT2D eigenvalue weighted by atomic mass is 10.2. The molecule has 112 valence electrons. The highest BCUT2D eigenvalue weighted by Crippen LogP contribution is 2.15. The quantitative estimate of drug-likeness (QED) is 0.782. The summed E-state index contributed by atoms with van der Waals surface area (Å²) >= 11 is 0. The predicted molar refractivity (Wildman–Crippen MR) is 86.0 cm³/mol. The van der Waals surface area contributed by atoms with Crippen LogP contribution in [0.1, 0.15) is 18.1 Å². The molecule has 1 aromatic carbocycles. The van der Waals surface area contributed by atoms with Crippen LogP contribution in [0.15, 0.2) is 48.7 Å². The maximum Gasteiger partial charge on any atom is 0.130 e. The fourth-order valence-corrected chi connectivity index (χ4v) is 2.33. The Morgan fingerprint density at radius 2 is 1.90 bits per heavy atom. The third-order valence-corrected chi connectivity index (χ3v) is 3.29. The summed E-state index contributed by atoms with van der Waals surface area (Å²) in [4.78, 5) is 6.62. The second kappa shape index (κ2) is 8.39. The Morgan fingerprint density at radius 3 is 2.62 bits per heavy atom. The summed E-state index contributed by atoms with van der Waals surface area (Å²) in [5.74, 6) is 0.927. The number of aromatic nitrogens is 1. The molecule has 0 amide bonds. The van der Waals surface area contributed by atoms with Gasteiger partial charge in [0.25, 0.3) is 0 Å². The maximum atomic E-state index is 9.29. The number of rotatable bonds is 8. The van der Waals surface area contributed by atoms with E-state index in [1.807, 2.05) is 24.3 Å². The number of pyridine rings is 1.